The highest BCUT2D eigenvalue weighted by Crippen LogP contribution is 2.25. The highest BCUT2D eigenvalue weighted by Gasteiger charge is 2.08. The third kappa shape index (κ3) is 1.11. The van der Waals surface area contributed by atoms with Crippen molar-refractivity contribution in [3.8, 4) is 5.88 Å². The molecular formula is C9H11N3O. The number of anilines is 1. The van der Waals surface area contributed by atoms with Gasteiger partial charge in [0, 0.05) is 12.7 Å². The van der Waals surface area contributed by atoms with Gasteiger partial charge in [-0.1, -0.05) is 0 Å². The van der Waals surface area contributed by atoms with Crippen molar-refractivity contribution in [3.05, 3.63) is 18.2 Å². The maximum atomic E-state index is 5.66. The molecular weight excluding hydrogens is 166 g/mol. The van der Waals surface area contributed by atoms with Crippen LogP contribution in [0.15, 0.2) is 18.2 Å². The predicted molar refractivity (Wildman–Crippen MR) is 51.7 cm³/mol. The van der Waals surface area contributed by atoms with Gasteiger partial charge in [-0.15, -0.1) is 0 Å². The zero-order valence-electron chi connectivity index (χ0n) is 7.61. The van der Waals surface area contributed by atoms with Gasteiger partial charge in [0.2, 0.25) is 5.88 Å². The van der Waals surface area contributed by atoms with Crippen LogP contribution < -0.4 is 10.5 Å². The lowest BCUT2D eigenvalue weighted by Gasteiger charge is -1.98. The zero-order chi connectivity index (χ0) is 9.42. The van der Waals surface area contributed by atoms with E-state index in [4.69, 9.17) is 10.5 Å². The summed E-state index contributed by atoms with van der Waals surface area (Å²) < 4.78 is 6.90. The van der Waals surface area contributed by atoms with Crippen LogP contribution in [-0.2, 0) is 7.05 Å². The Labute approximate surface area is 75.9 Å². The Balaban J connectivity index is 2.80. The van der Waals surface area contributed by atoms with Crippen LogP contribution in [0.5, 0.6) is 5.88 Å². The Hall–Kier alpha value is -1.71. The molecule has 4 heteroatoms. The Morgan fingerprint density at radius 3 is 2.92 bits per heavy atom. The van der Waals surface area contributed by atoms with Gasteiger partial charge in [-0.05, 0) is 18.2 Å². The Bertz CT molecular complexity index is 447. The van der Waals surface area contributed by atoms with Gasteiger partial charge in [-0.25, -0.2) is 4.68 Å². The van der Waals surface area contributed by atoms with E-state index in [1.807, 2.05) is 25.2 Å². The van der Waals surface area contributed by atoms with E-state index in [2.05, 4.69) is 5.10 Å². The molecule has 0 atom stereocenters. The first-order valence-electron chi connectivity index (χ1n) is 3.98. The van der Waals surface area contributed by atoms with Crippen LogP contribution in [0.25, 0.3) is 10.9 Å². The van der Waals surface area contributed by atoms with Crippen LogP contribution in [0.2, 0.25) is 0 Å². The molecule has 1 aromatic heterocycles. The molecule has 1 aromatic carbocycles. The number of rotatable bonds is 1. The van der Waals surface area contributed by atoms with Crippen LogP contribution in [0, 0.1) is 0 Å². The number of methoxy groups -OCH3 is 1. The molecule has 0 aliphatic carbocycles. The minimum Gasteiger partial charge on any atom is -0.481 e. The van der Waals surface area contributed by atoms with E-state index in [-0.39, 0.29) is 0 Å². The fourth-order valence-electron chi connectivity index (χ4n) is 1.44. The second-order valence-electron chi connectivity index (χ2n) is 2.91. The molecule has 2 aromatic rings. The van der Waals surface area contributed by atoms with Crippen molar-refractivity contribution in [2.24, 2.45) is 7.05 Å². The van der Waals surface area contributed by atoms with E-state index in [1.165, 1.54) is 0 Å². The summed E-state index contributed by atoms with van der Waals surface area (Å²) in [6.07, 6.45) is 0. The molecule has 0 aliphatic rings. The van der Waals surface area contributed by atoms with E-state index < -0.39 is 0 Å². The van der Waals surface area contributed by atoms with Crippen molar-refractivity contribution < 1.29 is 4.74 Å². The Kier molecular flexibility index (Phi) is 1.62. The molecule has 0 aliphatic heterocycles. The fourth-order valence-corrected chi connectivity index (χ4v) is 1.44. The molecule has 4 nitrogen and oxygen atoms in total. The molecule has 0 fully saturated rings. The van der Waals surface area contributed by atoms with Gasteiger partial charge in [-0.3, -0.25) is 0 Å². The topological polar surface area (TPSA) is 53.1 Å². The summed E-state index contributed by atoms with van der Waals surface area (Å²) in [5.74, 6) is 0.738. The van der Waals surface area contributed by atoms with E-state index in [9.17, 15) is 0 Å². The summed E-state index contributed by atoms with van der Waals surface area (Å²) in [4.78, 5) is 0. The van der Waals surface area contributed by atoms with E-state index in [0.29, 0.717) is 0 Å². The average Bonchev–Trinajstić information content (AvgIpc) is 2.40. The second-order valence-corrected chi connectivity index (χ2v) is 2.91. The van der Waals surface area contributed by atoms with E-state index in [0.717, 1.165) is 22.5 Å². The van der Waals surface area contributed by atoms with Gasteiger partial charge in [0.05, 0.1) is 18.0 Å². The normalized spacial score (nSPS) is 10.6. The third-order valence-electron chi connectivity index (χ3n) is 2.00. The van der Waals surface area contributed by atoms with Crippen LogP contribution in [-0.4, -0.2) is 16.9 Å². The Morgan fingerprint density at radius 1 is 1.46 bits per heavy atom. The highest BCUT2D eigenvalue weighted by atomic mass is 16.5. The first-order chi connectivity index (χ1) is 6.22. The summed E-state index contributed by atoms with van der Waals surface area (Å²) in [6.45, 7) is 0. The molecule has 0 saturated carbocycles. The number of hydrogen-bond donors (Lipinski definition) is 1. The van der Waals surface area contributed by atoms with Crippen molar-refractivity contribution in [2.45, 2.75) is 0 Å². The number of nitrogens with zero attached hydrogens (tertiary/aromatic N) is 2. The second kappa shape index (κ2) is 2.65. The minimum atomic E-state index is 0.721. The molecule has 0 radical (unpaired) electrons. The number of fused-ring (bicyclic) bond motifs is 1. The number of aryl methyl sites for hydroxylation is 1. The molecule has 68 valence electrons. The molecule has 0 bridgehead atoms. The minimum absolute atomic E-state index is 0.721. The number of ether oxygens (including phenoxy) is 1. The smallest absolute Gasteiger partial charge is 0.219 e. The summed E-state index contributed by atoms with van der Waals surface area (Å²) in [7, 11) is 3.47. The summed E-state index contributed by atoms with van der Waals surface area (Å²) >= 11 is 0. The predicted octanol–water partition coefficient (Wildman–Crippen LogP) is 1.16. The molecule has 1 heterocycles. The van der Waals surface area contributed by atoms with E-state index in [1.54, 1.807) is 11.8 Å². The van der Waals surface area contributed by atoms with Crippen molar-refractivity contribution in [3.63, 3.8) is 0 Å². The number of hydrogen-bond acceptors (Lipinski definition) is 3. The number of nitrogen functional groups attached to an aromatic ring is 1. The first kappa shape index (κ1) is 7.91. The van der Waals surface area contributed by atoms with Gasteiger partial charge in [0.1, 0.15) is 0 Å². The van der Waals surface area contributed by atoms with Crippen molar-refractivity contribution in [2.75, 3.05) is 12.8 Å². The molecule has 0 unspecified atom stereocenters. The highest BCUT2D eigenvalue weighted by molar-refractivity contribution is 5.87. The average molecular weight is 177 g/mol. The summed E-state index contributed by atoms with van der Waals surface area (Å²) in [5.41, 5.74) is 7.28. The van der Waals surface area contributed by atoms with Crippen molar-refractivity contribution in [1.82, 2.24) is 9.78 Å². The molecule has 0 saturated heterocycles. The molecule has 2 rings (SSSR count). The summed E-state index contributed by atoms with van der Waals surface area (Å²) in [5, 5.41) is 5.21. The number of benzene rings is 1. The largest absolute Gasteiger partial charge is 0.481 e. The fraction of sp³-hybridized carbons (Fsp3) is 0.222. The van der Waals surface area contributed by atoms with Gasteiger partial charge in [0.15, 0.2) is 0 Å². The monoisotopic (exact) mass is 177 g/mol. The van der Waals surface area contributed by atoms with Gasteiger partial charge in [-0.2, -0.15) is 5.10 Å². The van der Waals surface area contributed by atoms with Gasteiger partial charge >= 0.3 is 0 Å². The van der Waals surface area contributed by atoms with E-state index >= 15 is 0 Å². The van der Waals surface area contributed by atoms with Gasteiger partial charge < -0.3 is 10.5 Å². The lowest BCUT2D eigenvalue weighted by molar-refractivity contribution is 0.377. The molecule has 13 heavy (non-hydrogen) atoms. The summed E-state index contributed by atoms with van der Waals surface area (Å²) in [6, 6.07) is 5.57. The van der Waals surface area contributed by atoms with Crippen LogP contribution in [0.4, 0.5) is 5.69 Å². The van der Waals surface area contributed by atoms with Gasteiger partial charge in [0.25, 0.3) is 0 Å². The first-order valence-corrected chi connectivity index (χ1v) is 3.98. The Morgan fingerprint density at radius 2 is 2.23 bits per heavy atom. The van der Waals surface area contributed by atoms with Crippen LogP contribution in [0.1, 0.15) is 0 Å². The SMILES string of the molecule is COc1c2cc(N)ccc2nn1C. The maximum absolute atomic E-state index is 5.66. The van der Waals surface area contributed by atoms with Crippen LogP contribution in [0.3, 0.4) is 0 Å². The molecule has 0 amide bonds. The number of nitrogens with two attached hydrogens (primary N) is 1. The van der Waals surface area contributed by atoms with Crippen LogP contribution >= 0.6 is 0 Å². The van der Waals surface area contributed by atoms with Crippen molar-refractivity contribution in [1.29, 1.82) is 0 Å². The quantitative estimate of drug-likeness (QED) is 0.665. The molecule has 2 N–H and O–H groups in total. The lowest BCUT2D eigenvalue weighted by Crippen LogP contribution is -1.94. The van der Waals surface area contributed by atoms with Crippen molar-refractivity contribution >= 4 is 16.6 Å². The number of aromatic nitrogens is 2. The zero-order valence-corrected chi connectivity index (χ0v) is 7.61. The third-order valence-corrected chi connectivity index (χ3v) is 2.00. The molecule has 0 spiro atoms. The lowest BCUT2D eigenvalue weighted by atomic mass is 10.2. The standard InChI is InChI=1S/C9H11N3O/c1-12-9(13-2)7-5-6(10)3-4-8(7)11-12/h3-5H,10H2,1-2H3. The maximum Gasteiger partial charge on any atom is 0.219 e.